The molecule has 2 unspecified atom stereocenters. The molecule has 0 aliphatic carbocycles. The van der Waals surface area contributed by atoms with Crippen LogP contribution in [-0.2, 0) is 63.7 Å². The predicted octanol–water partition coefficient (Wildman–Crippen LogP) is 4.57. The molecule has 23 nitrogen and oxygen atoms in total. The second kappa shape index (κ2) is 31.5. The molecule has 3 atom stereocenters. The molecule has 6 rings (SSSR count). The summed E-state index contributed by atoms with van der Waals surface area (Å²) in [6, 6.07) is 14.8. The van der Waals surface area contributed by atoms with Gasteiger partial charge in [-0.2, -0.15) is 0 Å². The Hall–Kier alpha value is -7.76. The van der Waals surface area contributed by atoms with Crippen LogP contribution in [0.4, 0.5) is 5.69 Å². The van der Waals surface area contributed by atoms with E-state index >= 15 is 0 Å². The summed E-state index contributed by atoms with van der Waals surface area (Å²) in [5.41, 5.74) is 0.895. The highest BCUT2D eigenvalue weighted by Crippen LogP contribution is 2.36. The van der Waals surface area contributed by atoms with Crippen molar-refractivity contribution in [3.8, 4) is 17.2 Å². The van der Waals surface area contributed by atoms with Crippen LogP contribution in [0.2, 0.25) is 0 Å². The first kappa shape index (κ1) is 63.4. The minimum Gasteiger partial charge on any atom is -0.493 e. The third kappa shape index (κ3) is 17.6. The van der Waals surface area contributed by atoms with Gasteiger partial charge in [0.1, 0.15) is 23.9 Å². The van der Waals surface area contributed by atoms with E-state index in [1.165, 1.54) is 30.2 Å². The number of imide groups is 2. The quantitative estimate of drug-likeness (QED) is 0.0281. The zero-order valence-electron chi connectivity index (χ0n) is 47.4. The van der Waals surface area contributed by atoms with Crippen molar-refractivity contribution in [1.82, 2.24) is 25.8 Å². The molecule has 3 aliphatic heterocycles. The Kier molecular flexibility index (Phi) is 24.3. The summed E-state index contributed by atoms with van der Waals surface area (Å²) in [5.74, 6) is -4.59. The maximum Gasteiger partial charge on any atom is 0.329 e. The van der Waals surface area contributed by atoms with Gasteiger partial charge in [0.05, 0.1) is 51.8 Å². The number of fused-ring (bicyclic) bond motifs is 1. The first-order valence-corrected chi connectivity index (χ1v) is 27.9. The predicted molar refractivity (Wildman–Crippen MR) is 296 cm³/mol. The van der Waals surface area contributed by atoms with Gasteiger partial charge < -0.3 is 54.0 Å². The van der Waals surface area contributed by atoms with Crippen molar-refractivity contribution < 1.29 is 81.1 Å². The number of carbonyl (C=O) groups is 10. The van der Waals surface area contributed by atoms with Gasteiger partial charge in [0.25, 0.3) is 23.6 Å². The smallest absolute Gasteiger partial charge is 0.329 e. The van der Waals surface area contributed by atoms with Crippen molar-refractivity contribution in [2.24, 2.45) is 5.41 Å². The average molecular weight is 1140 g/mol. The molecule has 23 heteroatoms. The monoisotopic (exact) mass is 1140 g/mol. The molecule has 3 aromatic rings. The number of aryl methyl sites for hydroxylation is 1. The summed E-state index contributed by atoms with van der Waals surface area (Å²) < 4.78 is 39.5. The molecule has 444 valence electrons. The first-order chi connectivity index (χ1) is 39.5. The van der Waals surface area contributed by atoms with Gasteiger partial charge in [0.15, 0.2) is 18.1 Å². The number of ketones is 1. The van der Waals surface area contributed by atoms with Crippen LogP contribution in [0, 0.1) is 5.41 Å². The van der Waals surface area contributed by atoms with Crippen LogP contribution in [0.5, 0.6) is 17.2 Å². The highest BCUT2D eigenvalue weighted by Gasteiger charge is 2.46. The SMILES string of the molecule is CCC(C)(C)C(=O)C(=O)N1CCCCC1C(=O)O[C@H](CCc1ccc(OC)c(OC)c1)c1ccccc1NC(=O)CCC(=O)NCCCOCCOCCOCCCNC(=O)COc1cccc2c1C(=O)N(C1CCC(=O)NC1=O)C2=O. The maximum absolute atomic E-state index is 14.2. The molecule has 2 fully saturated rings. The van der Waals surface area contributed by atoms with Crippen molar-refractivity contribution in [3.63, 3.8) is 0 Å². The van der Waals surface area contributed by atoms with Gasteiger partial charge in [-0.3, -0.25) is 53.4 Å². The molecule has 3 heterocycles. The number of para-hydroxylation sites is 1. The third-order valence-electron chi connectivity index (χ3n) is 14.4. The van der Waals surface area contributed by atoms with Gasteiger partial charge in [-0.15, -0.1) is 0 Å². The molecule has 0 aromatic heterocycles. The van der Waals surface area contributed by atoms with Crippen LogP contribution in [0.1, 0.15) is 129 Å². The maximum atomic E-state index is 14.2. The van der Waals surface area contributed by atoms with Gasteiger partial charge in [-0.05, 0) is 93.7 Å². The van der Waals surface area contributed by atoms with E-state index in [9.17, 15) is 47.9 Å². The lowest BCUT2D eigenvalue weighted by molar-refractivity contribution is -0.164. The molecule has 0 saturated carbocycles. The number of likely N-dealkylation sites (tertiary alicyclic amines) is 1. The number of methoxy groups -OCH3 is 2. The third-order valence-corrected chi connectivity index (χ3v) is 14.4. The fraction of sp³-hybridized carbons (Fsp3) is 0.525. The fourth-order valence-corrected chi connectivity index (χ4v) is 9.40. The standard InChI is InChI=1S/C59H76N6O17/c1-6-59(2,3)53(70)57(74)64-29-10-9-17-43(64)58(75)82-44(22-19-38-20-23-45(76-4)47(36-38)77-5)39-14-7-8-16-41(39)62-49(67)26-25-48(66)60-27-12-30-78-32-34-80-35-33-79-31-13-28-61-51(69)37-81-46-18-11-15-40-52(46)56(73)65(55(40)72)42-21-24-50(68)63-54(42)71/h7-8,11,14-16,18,20,23,36,42-44H,6,9-10,12-13,17,19,21-22,24-35,37H2,1-5H3,(H,60,66)(H,61,69)(H,62,67)(H,63,68,71)/t42?,43?,44-/m1/s1. The minimum atomic E-state index is -1.12. The Labute approximate surface area is 477 Å². The zero-order valence-corrected chi connectivity index (χ0v) is 47.4. The molecule has 8 amide bonds. The van der Waals surface area contributed by atoms with Crippen molar-refractivity contribution in [2.75, 3.05) is 85.4 Å². The zero-order chi connectivity index (χ0) is 59.2. The summed E-state index contributed by atoms with van der Waals surface area (Å²) in [4.78, 5) is 132. The second-order valence-electron chi connectivity index (χ2n) is 20.5. The molecular formula is C59H76N6O17. The summed E-state index contributed by atoms with van der Waals surface area (Å²) in [6.45, 7) is 7.73. The second-order valence-corrected chi connectivity index (χ2v) is 20.5. The number of amides is 8. The van der Waals surface area contributed by atoms with Crippen LogP contribution in [0.25, 0.3) is 0 Å². The van der Waals surface area contributed by atoms with E-state index < -0.39 is 83.3 Å². The number of hydrogen-bond donors (Lipinski definition) is 4. The number of rotatable bonds is 33. The van der Waals surface area contributed by atoms with Crippen LogP contribution in [0.15, 0.2) is 60.7 Å². The summed E-state index contributed by atoms with van der Waals surface area (Å²) >= 11 is 0. The highest BCUT2D eigenvalue weighted by molar-refractivity contribution is 6.38. The van der Waals surface area contributed by atoms with Gasteiger partial charge in [0.2, 0.25) is 29.4 Å². The van der Waals surface area contributed by atoms with E-state index in [0.717, 1.165) is 10.5 Å². The Morgan fingerprint density at radius 3 is 2.09 bits per heavy atom. The number of Topliss-reactive ketones (excluding diaryl/α,β-unsaturated/α-hetero) is 1. The van der Waals surface area contributed by atoms with Crippen LogP contribution in [0.3, 0.4) is 0 Å². The number of anilines is 1. The van der Waals surface area contributed by atoms with E-state index in [2.05, 4.69) is 21.3 Å². The minimum absolute atomic E-state index is 0.00843. The van der Waals surface area contributed by atoms with E-state index in [1.54, 1.807) is 51.3 Å². The van der Waals surface area contributed by atoms with Crippen molar-refractivity contribution >= 4 is 64.7 Å². The van der Waals surface area contributed by atoms with Crippen molar-refractivity contribution in [3.05, 3.63) is 82.9 Å². The van der Waals surface area contributed by atoms with Crippen LogP contribution >= 0.6 is 0 Å². The summed E-state index contributed by atoms with van der Waals surface area (Å²) in [7, 11) is 3.08. The van der Waals surface area contributed by atoms with Gasteiger partial charge >= 0.3 is 5.97 Å². The summed E-state index contributed by atoms with van der Waals surface area (Å²) in [5, 5.41) is 10.6. The largest absolute Gasteiger partial charge is 0.493 e. The highest BCUT2D eigenvalue weighted by atomic mass is 16.6. The Morgan fingerprint density at radius 1 is 0.732 bits per heavy atom. The summed E-state index contributed by atoms with van der Waals surface area (Å²) in [6.07, 6.45) is 2.79. The molecule has 82 heavy (non-hydrogen) atoms. The molecule has 2 saturated heterocycles. The fourth-order valence-electron chi connectivity index (χ4n) is 9.40. The van der Waals surface area contributed by atoms with Gasteiger partial charge in [-0.25, -0.2) is 4.79 Å². The molecular weight excluding hydrogens is 1060 g/mol. The lowest BCUT2D eigenvalue weighted by atomic mass is 9.84. The molecule has 4 N–H and O–H groups in total. The van der Waals surface area contributed by atoms with Gasteiger partial charge in [0, 0.05) is 68.8 Å². The number of nitrogens with zero attached hydrogens (tertiary/aromatic N) is 2. The number of carbonyl (C=O) groups excluding carboxylic acids is 10. The van der Waals surface area contributed by atoms with Crippen molar-refractivity contribution in [2.45, 2.75) is 116 Å². The van der Waals surface area contributed by atoms with Crippen LogP contribution in [-0.4, -0.2) is 161 Å². The van der Waals surface area contributed by atoms with Crippen molar-refractivity contribution in [1.29, 1.82) is 0 Å². The first-order valence-electron chi connectivity index (χ1n) is 27.9. The van der Waals surface area contributed by atoms with E-state index in [0.29, 0.717) is 120 Å². The topological polar surface area (TPSA) is 290 Å². The number of esters is 1. The van der Waals surface area contributed by atoms with Gasteiger partial charge in [-0.1, -0.05) is 51.1 Å². The van der Waals surface area contributed by atoms with E-state index in [1.807, 2.05) is 19.1 Å². The number of piperidine rings is 2. The molecule has 3 aliphatic rings. The molecule has 0 bridgehead atoms. The number of nitrogens with one attached hydrogen (secondary N) is 4. The Balaban J connectivity index is 0.839. The van der Waals surface area contributed by atoms with E-state index in [4.69, 9.17) is 33.2 Å². The normalized spacial score (nSPS) is 16.4. The van der Waals surface area contributed by atoms with Crippen LogP contribution < -0.4 is 35.5 Å². The number of ether oxygens (including phenoxy) is 7. The lowest BCUT2D eigenvalue weighted by Gasteiger charge is -2.36. The lowest BCUT2D eigenvalue weighted by Crippen LogP contribution is -2.54. The Morgan fingerprint density at radius 2 is 1.40 bits per heavy atom. The number of hydrogen-bond acceptors (Lipinski definition) is 17. The Bertz CT molecular complexity index is 2780. The molecule has 0 spiro atoms. The number of benzene rings is 3. The molecule has 3 aromatic carbocycles. The average Bonchev–Trinajstić information content (AvgIpc) is 3.99. The molecule has 0 radical (unpaired) electrons. The van der Waals surface area contributed by atoms with E-state index in [-0.39, 0.29) is 61.4 Å².